The Kier molecular flexibility index (Phi) is 3.71. The molecule has 0 radical (unpaired) electrons. The van der Waals surface area contributed by atoms with E-state index < -0.39 is 0 Å². The Morgan fingerprint density at radius 3 is 3.07 bits per heavy atom. The maximum absolute atomic E-state index is 13.1. The number of aromatic amines is 1. The molecule has 1 aliphatic rings. The van der Waals surface area contributed by atoms with E-state index in [-0.39, 0.29) is 11.9 Å². The van der Waals surface area contributed by atoms with E-state index in [9.17, 15) is 4.79 Å². The van der Waals surface area contributed by atoms with Gasteiger partial charge in [-0.2, -0.15) is 4.98 Å². The standard InChI is InChI=1S/C20H17N5O2/c26-20(14-7-6-13-8-10-22-16(13)12-14)25-11-3-5-17(25)19-23-18(24-27-19)15-4-1-2-9-21-15/h1-2,4,6-10,12,17,22H,3,5,11H2/t17-/m0/s1. The first-order valence-corrected chi connectivity index (χ1v) is 8.93. The van der Waals surface area contributed by atoms with Crippen molar-refractivity contribution in [3.05, 3.63) is 66.3 Å². The van der Waals surface area contributed by atoms with Crippen LogP contribution in [0, 0.1) is 0 Å². The summed E-state index contributed by atoms with van der Waals surface area (Å²) < 4.78 is 5.48. The minimum atomic E-state index is -0.207. The molecule has 1 N–H and O–H groups in total. The number of hydrogen-bond donors (Lipinski definition) is 1. The van der Waals surface area contributed by atoms with Gasteiger partial charge in [-0.15, -0.1) is 0 Å². The van der Waals surface area contributed by atoms with Crippen LogP contribution in [-0.2, 0) is 0 Å². The summed E-state index contributed by atoms with van der Waals surface area (Å²) in [5.74, 6) is 0.881. The van der Waals surface area contributed by atoms with Gasteiger partial charge in [0.15, 0.2) is 0 Å². The number of amides is 1. The van der Waals surface area contributed by atoms with E-state index >= 15 is 0 Å². The third-order valence-electron chi connectivity index (χ3n) is 4.94. The van der Waals surface area contributed by atoms with Gasteiger partial charge in [0.25, 0.3) is 5.91 Å². The van der Waals surface area contributed by atoms with E-state index in [2.05, 4.69) is 20.1 Å². The van der Waals surface area contributed by atoms with Crippen molar-refractivity contribution in [1.82, 2.24) is 25.0 Å². The molecule has 1 amide bonds. The fraction of sp³-hybridized carbons (Fsp3) is 0.200. The quantitative estimate of drug-likeness (QED) is 0.604. The third kappa shape index (κ3) is 2.77. The molecule has 1 saturated heterocycles. The zero-order valence-electron chi connectivity index (χ0n) is 14.5. The topological polar surface area (TPSA) is 87.9 Å². The number of H-pyrrole nitrogens is 1. The Morgan fingerprint density at radius 2 is 2.19 bits per heavy atom. The second-order valence-corrected chi connectivity index (χ2v) is 6.61. The first-order valence-electron chi connectivity index (χ1n) is 8.93. The largest absolute Gasteiger partial charge is 0.361 e. The molecule has 1 atom stereocenters. The maximum Gasteiger partial charge on any atom is 0.254 e. The lowest BCUT2D eigenvalue weighted by molar-refractivity contribution is 0.0710. The van der Waals surface area contributed by atoms with Crippen LogP contribution in [0.4, 0.5) is 0 Å². The van der Waals surface area contributed by atoms with Crippen molar-refractivity contribution >= 4 is 16.8 Å². The minimum Gasteiger partial charge on any atom is -0.361 e. The number of carbonyl (C=O) groups excluding carboxylic acids is 1. The van der Waals surface area contributed by atoms with Gasteiger partial charge in [0.1, 0.15) is 11.7 Å². The number of fused-ring (bicyclic) bond motifs is 1. The summed E-state index contributed by atoms with van der Waals surface area (Å²) >= 11 is 0. The molecular weight excluding hydrogens is 342 g/mol. The van der Waals surface area contributed by atoms with Crippen LogP contribution < -0.4 is 0 Å². The summed E-state index contributed by atoms with van der Waals surface area (Å²) in [4.78, 5) is 26.8. The van der Waals surface area contributed by atoms with Crippen molar-refractivity contribution in [3.63, 3.8) is 0 Å². The lowest BCUT2D eigenvalue weighted by atomic mass is 10.1. The van der Waals surface area contributed by atoms with Crippen molar-refractivity contribution in [1.29, 1.82) is 0 Å². The Bertz CT molecular complexity index is 1100. The average molecular weight is 359 g/mol. The highest BCUT2D eigenvalue weighted by atomic mass is 16.5. The van der Waals surface area contributed by atoms with Crippen molar-refractivity contribution in [3.8, 4) is 11.5 Å². The summed E-state index contributed by atoms with van der Waals surface area (Å²) in [5, 5.41) is 5.12. The molecule has 7 nitrogen and oxygen atoms in total. The number of carbonyl (C=O) groups is 1. The van der Waals surface area contributed by atoms with Crippen molar-refractivity contribution in [2.75, 3.05) is 6.54 Å². The molecule has 5 rings (SSSR count). The van der Waals surface area contributed by atoms with E-state index in [1.54, 1.807) is 6.20 Å². The Morgan fingerprint density at radius 1 is 1.22 bits per heavy atom. The van der Waals surface area contributed by atoms with E-state index in [1.165, 1.54) is 0 Å². The molecule has 1 aromatic carbocycles. The van der Waals surface area contributed by atoms with E-state index in [1.807, 2.05) is 53.6 Å². The zero-order chi connectivity index (χ0) is 18.2. The van der Waals surface area contributed by atoms with Gasteiger partial charge < -0.3 is 14.4 Å². The first-order chi connectivity index (χ1) is 13.3. The van der Waals surface area contributed by atoms with Gasteiger partial charge in [-0.1, -0.05) is 17.3 Å². The predicted molar refractivity (Wildman–Crippen MR) is 98.8 cm³/mol. The van der Waals surface area contributed by atoms with Crippen LogP contribution in [0.5, 0.6) is 0 Å². The normalized spacial score (nSPS) is 16.9. The lowest BCUT2D eigenvalue weighted by Crippen LogP contribution is -2.30. The second-order valence-electron chi connectivity index (χ2n) is 6.61. The molecule has 0 saturated carbocycles. The van der Waals surface area contributed by atoms with Gasteiger partial charge in [-0.25, -0.2) is 0 Å². The number of likely N-dealkylation sites (tertiary alicyclic amines) is 1. The van der Waals surface area contributed by atoms with Crippen LogP contribution in [-0.4, -0.2) is 37.5 Å². The highest BCUT2D eigenvalue weighted by molar-refractivity contribution is 5.98. The molecule has 1 aliphatic heterocycles. The third-order valence-corrected chi connectivity index (χ3v) is 4.94. The molecular formula is C20H17N5O2. The first kappa shape index (κ1) is 15.7. The van der Waals surface area contributed by atoms with Crippen molar-refractivity contribution < 1.29 is 9.32 Å². The van der Waals surface area contributed by atoms with Gasteiger partial charge in [-0.05, 0) is 48.6 Å². The highest BCUT2D eigenvalue weighted by Crippen LogP contribution is 2.33. The van der Waals surface area contributed by atoms with Crippen molar-refractivity contribution in [2.24, 2.45) is 0 Å². The summed E-state index contributed by atoms with van der Waals surface area (Å²) in [7, 11) is 0. The fourth-order valence-corrected chi connectivity index (χ4v) is 3.58. The number of nitrogens with one attached hydrogen (secondary N) is 1. The van der Waals surface area contributed by atoms with E-state index in [0.29, 0.717) is 29.5 Å². The zero-order valence-corrected chi connectivity index (χ0v) is 14.5. The molecule has 27 heavy (non-hydrogen) atoms. The van der Waals surface area contributed by atoms with Crippen LogP contribution in [0.1, 0.15) is 35.1 Å². The van der Waals surface area contributed by atoms with Gasteiger partial charge in [0, 0.05) is 30.0 Å². The van der Waals surface area contributed by atoms with Gasteiger partial charge in [0.05, 0.1) is 0 Å². The van der Waals surface area contributed by atoms with Crippen LogP contribution >= 0.6 is 0 Å². The smallest absolute Gasteiger partial charge is 0.254 e. The summed E-state index contributed by atoms with van der Waals surface area (Å²) in [5.41, 5.74) is 2.26. The maximum atomic E-state index is 13.1. The molecule has 1 fully saturated rings. The molecule has 4 aromatic rings. The van der Waals surface area contributed by atoms with E-state index in [0.717, 1.165) is 23.7 Å². The average Bonchev–Trinajstić information content (AvgIpc) is 3.47. The van der Waals surface area contributed by atoms with Crippen molar-refractivity contribution in [2.45, 2.75) is 18.9 Å². The number of aromatic nitrogens is 4. The summed E-state index contributed by atoms with van der Waals surface area (Å²) in [6.07, 6.45) is 5.27. The Balaban J connectivity index is 1.43. The van der Waals surface area contributed by atoms with Gasteiger partial charge in [-0.3, -0.25) is 9.78 Å². The van der Waals surface area contributed by atoms with Crippen LogP contribution in [0.15, 0.2) is 59.4 Å². The SMILES string of the molecule is O=C(c1ccc2cc[nH]c2c1)N1CCC[C@H]1c1nc(-c2ccccn2)no1. The van der Waals surface area contributed by atoms with E-state index in [4.69, 9.17) is 4.52 Å². The number of pyridine rings is 1. The van der Waals surface area contributed by atoms with Crippen LogP contribution in [0.3, 0.4) is 0 Å². The monoisotopic (exact) mass is 359 g/mol. The number of nitrogens with zero attached hydrogens (tertiary/aromatic N) is 4. The molecule has 3 aromatic heterocycles. The number of benzene rings is 1. The highest BCUT2D eigenvalue weighted by Gasteiger charge is 2.34. The second kappa shape index (κ2) is 6.35. The predicted octanol–water partition coefficient (Wildman–Crippen LogP) is 3.59. The molecule has 0 bridgehead atoms. The molecule has 0 spiro atoms. The molecule has 0 unspecified atom stereocenters. The fourth-order valence-electron chi connectivity index (χ4n) is 3.58. The Labute approximate surface area is 155 Å². The Hall–Kier alpha value is -3.48. The molecule has 0 aliphatic carbocycles. The number of hydrogen-bond acceptors (Lipinski definition) is 5. The molecule has 4 heterocycles. The van der Waals surface area contributed by atoms with Gasteiger partial charge in [0.2, 0.25) is 11.7 Å². The number of rotatable bonds is 3. The van der Waals surface area contributed by atoms with Gasteiger partial charge >= 0.3 is 0 Å². The molecule has 7 heteroatoms. The van der Waals surface area contributed by atoms with Crippen LogP contribution in [0.25, 0.3) is 22.4 Å². The lowest BCUT2D eigenvalue weighted by Gasteiger charge is -2.22. The summed E-state index contributed by atoms with van der Waals surface area (Å²) in [6, 6.07) is 13.0. The van der Waals surface area contributed by atoms with Crippen LogP contribution in [0.2, 0.25) is 0 Å². The molecule has 134 valence electrons. The summed E-state index contributed by atoms with van der Waals surface area (Å²) in [6.45, 7) is 0.674. The minimum absolute atomic E-state index is 0.0217.